The molecule has 0 radical (unpaired) electrons. The second-order valence-electron chi connectivity index (χ2n) is 7.74. The average Bonchev–Trinajstić information content (AvgIpc) is 2.57. The minimum atomic E-state index is -1.27. The zero-order valence-corrected chi connectivity index (χ0v) is 17.2. The van der Waals surface area contributed by atoms with Crippen molar-refractivity contribution >= 4 is 23.7 Å². The Balaban J connectivity index is 5.07. The number of nitrogens with two attached hydrogens (primary N) is 1. The van der Waals surface area contributed by atoms with E-state index in [4.69, 9.17) is 10.8 Å². The van der Waals surface area contributed by atoms with Crippen molar-refractivity contribution in [2.45, 2.75) is 71.6 Å². The number of aliphatic hydroxyl groups excluding tert-OH is 1. The molecule has 0 aromatic carbocycles. The summed E-state index contributed by atoms with van der Waals surface area (Å²) >= 11 is 0. The molecule has 10 nitrogen and oxygen atoms in total. The molecule has 3 amide bonds. The summed E-state index contributed by atoms with van der Waals surface area (Å²) in [5.41, 5.74) is 5.77. The SMILES string of the molecule is CC(C)CC(N)C(=O)NC(CO)C(=O)NC(CC(C)C)C(=O)NC(C)C(=O)O. The van der Waals surface area contributed by atoms with Crippen molar-refractivity contribution in [3.8, 4) is 0 Å². The second-order valence-corrected chi connectivity index (χ2v) is 7.74. The Labute approximate surface area is 165 Å². The highest BCUT2D eigenvalue weighted by molar-refractivity contribution is 5.94. The van der Waals surface area contributed by atoms with E-state index in [1.54, 1.807) is 0 Å². The maximum atomic E-state index is 12.4. The fourth-order valence-electron chi connectivity index (χ4n) is 2.44. The van der Waals surface area contributed by atoms with Gasteiger partial charge in [-0.15, -0.1) is 0 Å². The Morgan fingerprint density at radius 3 is 1.68 bits per heavy atom. The number of hydrogen-bond acceptors (Lipinski definition) is 6. The van der Waals surface area contributed by atoms with Crippen molar-refractivity contribution in [1.29, 1.82) is 0 Å². The smallest absolute Gasteiger partial charge is 0.325 e. The predicted molar refractivity (Wildman–Crippen MR) is 103 cm³/mol. The number of carbonyl (C=O) groups excluding carboxylic acids is 3. The lowest BCUT2D eigenvalue weighted by molar-refractivity contribution is -0.142. The monoisotopic (exact) mass is 402 g/mol. The molecule has 0 bridgehead atoms. The van der Waals surface area contributed by atoms with Gasteiger partial charge >= 0.3 is 5.97 Å². The Kier molecular flexibility index (Phi) is 11.3. The van der Waals surface area contributed by atoms with Crippen LogP contribution in [0.2, 0.25) is 0 Å². The highest BCUT2D eigenvalue weighted by atomic mass is 16.4. The van der Waals surface area contributed by atoms with Crippen LogP contribution in [-0.2, 0) is 19.2 Å². The van der Waals surface area contributed by atoms with Gasteiger partial charge in [0.25, 0.3) is 0 Å². The molecule has 0 aliphatic carbocycles. The molecule has 4 atom stereocenters. The van der Waals surface area contributed by atoms with Gasteiger partial charge in [0, 0.05) is 0 Å². The van der Waals surface area contributed by atoms with Gasteiger partial charge in [0.05, 0.1) is 12.6 Å². The minimum absolute atomic E-state index is 0.0258. The van der Waals surface area contributed by atoms with Crippen LogP contribution >= 0.6 is 0 Å². The lowest BCUT2D eigenvalue weighted by atomic mass is 10.0. The van der Waals surface area contributed by atoms with Crippen LogP contribution in [0.25, 0.3) is 0 Å². The summed E-state index contributed by atoms with van der Waals surface area (Å²) in [7, 11) is 0. The van der Waals surface area contributed by atoms with Gasteiger partial charge in [0.2, 0.25) is 17.7 Å². The van der Waals surface area contributed by atoms with E-state index in [0.717, 1.165) is 0 Å². The van der Waals surface area contributed by atoms with Crippen molar-refractivity contribution in [1.82, 2.24) is 16.0 Å². The highest BCUT2D eigenvalue weighted by Crippen LogP contribution is 2.07. The number of carboxylic acid groups (broad SMARTS) is 1. The van der Waals surface area contributed by atoms with Crippen LogP contribution in [-0.4, -0.2) is 64.7 Å². The number of hydrogen-bond donors (Lipinski definition) is 6. The number of amides is 3. The van der Waals surface area contributed by atoms with Crippen LogP contribution < -0.4 is 21.7 Å². The molecule has 0 saturated carbocycles. The summed E-state index contributed by atoms with van der Waals surface area (Å²) in [4.78, 5) is 47.8. The van der Waals surface area contributed by atoms with Gasteiger partial charge in [-0.2, -0.15) is 0 Å². The van der Waals surface area contributed by atoms with E-state index in [2.05, 4.69) is 16.0 Å². The van der Waals surface area contributed by atoms with E-state index in [1.165, 1.54) is 6.92 Å². The average molecular weight is 402 g/mol. The molecule has 0 aliphatic rings. The Morgan fingerprint density at radius 1 is 0.786 bits per heavy atom. The maximum Gasteiger partial charge on any atom is 0.325 e. The van der Waals surface area contributed by atoms with E-state index in [1.807, 2.05) is 27.7 Å². The van der Waals surface area contributed by atoms with Crippen LogP contribution in [0.5, 0.6) is 0 Å². The minimum Gasteiger partial charge on any atom is -0.480 e. The van der Waals surface area contributed by atoms with Gasteiger partial charge in [-0.3, -0.25) is 19.2 Å². The van der Waals surface area contributed by atoms with Gasteiger partial charge < -0.3 is 31.9 Å². The van der Waals surface area contributed by atoms with Gasteiger partial charge in [-0.25, -0.2) is 0 Å². The lowest BCUT2D eigenvalue weighted by Gasteiger charge is -2.25. The highest BCUT2D eigenvalue weighted by Gasteiger charge is 2.29. The lowest BCUT2D eigenvalue weighted by Crippen LogP contribution is -2.58. The molecule has 4 unspecified atom stereocenters. The molecule has 0 fully saturated rings. The third-order valence-electron chi connectivity index (χ3n) is 3.95. The van der Waals surface area contributed by atoms with Gasteiger partial charge in [-0.05, 0) is 31.6 Å². The Bertz CT molecular complexity index is 552. The number of carbonyl (C=O) groups is 4. The topological polar surface area (TPSA) is 171 Å². The number of carboxylic acids is 1. The summed E-state index contributed by atoms with van der Waals surface area (Å²) in [5, 5.41) is 25.5. The molecule has 10 heteroatoms. The van der Waals surface area contributed by atoms with Crippen LogP contribution in [0.1, 0.15) is 47.5 Å². The number of nitrogens with one attached hydrogen (secondary N) is 3. The first-order valence-electron chi connectivity index (χ1n) is 9.39. The van der Waals surface area contributed by atoms with Crippen LogP contribution in [0, 0.1) is 11.8 Å². The molecule has 0 saturated heterocycles. The summed E-state index contributed by atoms with van der Waals surface area (Å²) in [6.45, 7) is 8.11. The fourth-order valence-corrected chi connectivity index (χ4v) is 2.44. The van der Waals surface area contributed by atoms with E-state index >= 15 is 0 Å². The zero-order valence-electron chi connectivity index (χ0n) is 17.2. The van der Waals surface area contributed by atoms with Crippen molar-refractivity contribution in [2.75, 3.05) is 6.61 Å². The molecule has 0 rings (SSSR count). The molecular weight excluding hydrogens is 368 g/mol. The molecule has 0 aromatic rings. The van der Waals surface area contributed by atoms with E-state index in [9.17, 15) is 24.3 Å². The molecule has 0 aliphatic heterocycles. The third-order valence-corrected chi connectivity index (χ3v) is 3.95. The molecule has 28 heavy (non-hydrogen) atoms. The summed E-state index contributed by atoms with van der Waals surface area (Å²) < 4.78 is 0. The van der Waals surface area contributed by atoms with Crippen molar-refractivity contribution in [3.63, 3.8) is 0 Å². The summed E-state index contributed by atoms with van der Waals surface area (Å²) in [6, 6.07) is -4.23. The molecule has 0 aromatic heterocycles. The largest absolute Gasteiger partial charge is 0.480 e. The molecule has 162 valence electrons. The van der Waals surface area contributed by atoms with Gasteiger partial charge in [0.15, 0.2) is 0 Å². The van der Waals surface area contributed by atoms with E-state index in [-0.39, 0.29) is 18.3 Å². The Hall–Kier alpha value is -2.20. The molecule has 0 spiro atoms. The summed E-state index contributed by atoms with van der Waals surface area (Å²) in [5.74, 6) is -2.99. The first-order valence-corrected chi connectivity index (χ1v) is 9.39. The molecule has 0 heterocycles. The van der Waals surface area contributed by atoms with Crippen molar-refractivity contribution < 1.29 is 29.4 Å². The number of rotatable bonds is 12. The quantitative estimate of drug-likeness (QED) is 0.242. The van der Waals surface area contributed by atoms with Gasteiger partial charge in [-0.1, -0.05) is 27.7 Å². The van der Waals surface area contributed by atoms with Crippen molar-refractivity contribution in [3.05, 3.63) is 0 Å². The van der Waals surface area contributed by atoms with Gasteiger partial charge in [0.1, 0.15) is 18.1 Å². The van der Waals surface area contributed by atoms with Crippen LogP contribution in [0.15, 0.2) is 0 Å². The first kappa shape index (κ1) is 25.8. The fraction of sp³-hybridized carbons (Fsp3) is 0.778. The second kappa shape index (κ2) is 12.3. The standard InChI is InChI=1S/C18H34N4O6/c1-9(2)6-12(19)15(24)22-14(8-23)17(26)21-13(7-10(3)4)16(25)20-11(5)18(27)28/h9-14,23H,6-8,19H2,1-5H3,(H,20,25)(H,21,26)(H,22,24)(H,27,28). The van der Waals surface area contributed by atoms with E-state index in [0.29, 0.717) is 6.42 Å². The zero-order chi connectivity index (χ0) is 22.0. The predicted octanol–water partition coefficient (Wildman–Crippen LogP) is -1.04. The van der Waals surface area contributed by atoms with Crippen LogP contribution in [0.4, 0.5) is 0 Å². The Morgan fingerprint density at radius 2 is 1.25 bits per heavy atom. The normalized spacial score (nSPS) is 15.5. The molecular formula is C18H34N4O6. The number of aliphatic hydroxyl groups is 1. The van der Waals surface area contributed by atoms with E-state index < -0.39 is 54.5 Å². The maximum absolute atomic E-state index is 12.4. The summed E-state index contributed by atoms with van der Waals surface area (Å²) in [6.07, 6.45) is 0.667. The third kappa shape index (κ3) is 9.65. The molecule has 7 N–H and O–H groups in total. The first-order chi connectivity index (χ1) is 12.9. The number of aliphatic carboxylic acids is 1. The van der Waals surface area contributed by atoms with Crippen molar-refractivity contribution in [2.24, 2.45) is 17.6 Å². The van der Waals surface area contributed by atoms with Crippen LogP contribution in [0.3, 0.4) is 0 Å².